The Kier molecular flexibility index (Phi) is 4.81. The molecule has 1 atom stereocenters. The lowest BCUT2D eigenvalue weighted by Crippen LogP contribution is -2.54. The Morgan fingerprint density at radius 3 is 2.63 bits per heavy atom. The van der Waals surface area contributed by atoms with Crippen molar-refractivity contribution >= 4 is 15.7 Å². The van der Waals surface area contributed by atoms with Crippen molar-refractivity contribution in [1.29, 1.82) is 0 Å². The molecule has 6 nitrogen and oxygen atoms in total. The summed E-state index contributed by atoms with van der Waals surface area (Å²) in [5.74, 6) is 0.434. The first-order valence-electron chi connectivity index (χ1n) is 6.74. The number of amides is 1. The second-order valence-corrected chi connectivity index (χ2v) is 7.52. The van der Waals surface area contributed by atoms with Gasteiger partial charge in [-0.2, -0.15) is 0 Å². The van der Waals surface area contributed by atoms with Gasteiger partial charge < -0.3 is 15.0 Å². The third-order valence-corrected chi connectivity index (χ3v) is 5.56. The van der Waals surface area contributed by atoms with E-state index in [1.165, 1.54) is 0 Å². The summed E-state index contributed by atoms with van der Waals surface area (Å²) in [6.07, 6.45) is 1.32. The van der Waals surface area contributed by atoms with E-state index in [1.807, 2.05) is 0 Å². The molecule has 19 heavy (non-hydrogen) atoms. The molecule has 0 aromatic carbocycles. The molecule has 0 aromatic heterocycles. The van der Waals surface area contributed by atoms with Crippen LogP contribution in [0.5, 0.6) is 0 Å². The van der Waals surface area contributed by atoms with Crippen LogP contribution < -0.4 is 5.32 Å². The minimum atomic E-state index is -2.96. The lowest BCUT2D eigenvalue weighted by molar-refractivity contribution is -0.139. The fourth-order valence-corrected chi connectivity index (χ4v) is 4.30. The van der Waals surface area contributed by atoms with Gasteiger partial charge in [0.25, 0.3) is 0 Å². The van der Waals surface area contributed by atoms with Crippen LogP contribution in [0, 0.1) is 5.92 Å². The van der Waals surface area contributed by atoms with Gasteiger partial charge in [-0.05, 0) is 12.8 Å². The van der Waals surface area contributed by atoms with Crippen LogP contribution in [0.2, 0.25) is 0 Å². The number of ether oxygens (including phenoxy) is 1. The van der Waals surface area contributed by atoms with Crippen molar-refractivity contribution in [1.82, 2.24) is 10.2 Å². The molecule has 2 aliphatic rings. The second kappa shape index (κ2) is 6.19. The Labute approximate surface area is 114 Å². The van der Waals surface area contributed by atoms with Gasteiger partial charge in [0.05, 0.1) is 17.4 Å². The molecule has 0 aromatic rings. The zero-order valence-corrected chi connectivity index (χ0v) is 12.1. The first-order chi connectivity index (χ1) is 9.03. The first-order valence-corrected chi connectivity index (χ1v) is 8.56. The monoisotopic (exact) mass is 290 g/mol. The summed E-state index contributed by atoms with van der Waals surface area (Å²) < 4.78 is 28.2. The highest BCUT2D eigenvalue weighted by molar-refractivity contribution is 7.91. The number of rotatable bonds is 6. The quantitative estimate of drug-likeness (QED) is 0.652. The lowest BCUT2D eigenvalue weighted by Gasteiger charge is -2.35. The lowest BCUT2D eigenvalue weighted by atomic mass is 10.0. The van der Waals surface area contributed by atoms with Crippen molar-refractivity contribution in [3.05, 3.63) is 0 Å². The van der Waals surface area contributed by atoms with Crippen molar-refractivity contribution in [2.75, 3.05) is 44.9 Å². The molecule has 2 aliphatic heterocycles. The van der Waals surface area contributed by atoms with Gasteiger partial charge in [0.15, 0.2) is 9.84 Å². The van der Waals surface area contributed by atoms with Gasteiger partial charge in [-0.3, -0.25) is 4.79 Å². The molecule has 0 aliphatic carbocycles. The first kappa shape index (κ1) is 14.7. The molecule has 1 amide bonds. The van der Waals surface area contributed by atoms with Crippen molar-refractivity contribution in [2.24, 2.45) is 5.92 Å². The number of methoxy groups -OCH3 is 1. The highest BCUT2D eigenvalue weighted by Gasteiger charge is 2.38. The number of nitrogens with one attached hydrogen (secondary N) is 1. The number of sulfone groups is 1. The average Bonchev–Trinajstić information content (AvgIpc) is 2.62. The molecule has 0 spiro atoms. The van der Waals surface area contributed by atoms with Crippen LogP contribution >= 0.6 is 0 Å². The fraction of sp³-hybridized carbons (Fsp3) is 0.917. The van der Waals surface area contributed by atoms with E-state index < -0.39 is 9.84 Å². The number of hydrogen-bond donors (Lipinski definition) is 1. The molecule has 110 valence electrons. The third kappa shape index (κ3) is 3.67. The van der Waals surface area contributed by atoms with Crippen LogP contribution in [-0.2, 0) is 19.4 Å². The Balaban J connectivity index is 1.98. The minimum Gasteiger partial charge on any atom is -0.385 e. The highest BCUT2D eigenvalue weighted by atomic mass is 32.2. The zero-order chi connectivity index (χ0) is 13.9. The van der Waals surface area contributed by atoms with Crippen LogP contribution in [0.4, 0.5) is 0 Å². The average molecular weight is 290 g/mol. The van der Waals surface area contributed by atoms with Gasteiger partial charge in [0.1, 0.15) is 0 Å². The third-order valence-electron chi connectivity index (χ3n) is 3.81. The normalized spacial score (nSPS) is 26.1. The molecule has 1 unspecified atom stereocenters. The maximum atomic E-state index is 12.4. The van der Waals surface area contributed by atoms with Crippen LogP contribution in [-0.4, -0.2) is 70.1 Å². The molecule has 0 bridgehead atoms. The van der Waals surface area contributed by atoms with Gasteiger partial charge in [-0.25, -0.2) is 8.42 Å². The topological polar surface area (TPSA) is 75.7 Å². The number of nitrogens with zero attached hydrogens (tertiary/aromatic N) is 1. The van der Waals surface area contributed by atoms with E-state index in [0.29, 0.717) is 32.7 Å². The summed E-state index contributed by atoms with van der Waals surface area (Å²) in [5.41, 5.74) is 0. The van der Waals surface area contributed by atoms with Crippen LogP contribution in [0.3, 0.4) is 0 Å². The SMILES string of the molecule is COCCCN(C(=O)C1CNC1)C1CCS(=O)(=O)C1. The predicted octanol–water partition coefficient (Wildman–Crippen LogP) is -0.742. The number of carbonyl (C=O) groups excluding carboxylic acids is 1. The Hall–Kier alpha value is -0.660. The zero-order valence-electron chi connectivity index (χ0n) is 11.3. The fourth-order valence-electron chi connectivity index (χ4n) is 2.57. The Bertz CT molecular complexity index is 419. The highest BCUT2D eigenvalue weighted by Crippen LogP contribution is 2.21. The summed E-state index contributed by atoms with van der Waals surface area (Å²) in [6.45, 7) is 2.59. The van der Waals surface area contributed by atoms with Crippen molar-refractivity contribution < 1.29 is 17.9 Å². The van der Waals surface area contributed by atoms with Crippen molar-refractivity contribution in [2.45, 2.75) is 18.9 Å². The maximum absolute atomic E-state index is 12.4. The predicted molar refractivity (Wildman–Crippen MR) is 71.6 cm³/mol. The summed E-state index contributed by atoms with van der Waals surface area (Å²) in [6, 6.07) is -0.144. The Morgan fingerprint density at radius 2 is 2.16 bits per heavy atom. The van der Waals surface area contributed by atoms with Gasteiger partial charge in [-0.1, -0.05) is 0 Å². The van der Waals surface area contributed by atoms with Gasteiger partial charge in [0, 0.05) is 39.4 Å². The van der Waals surface area contributed by atoms with E-state index >= 15 is 0 Å². The number of carbonyl (C=O) groups is 1. The standard InChI is InChI=1S/C12H22N2O4S/c1-18-5-2-4-14(12(15)10-7-13-8-10)11-3-6-19(16,17)9-11/h10-11,13H,2-9H2,1H3. The second-order valence-electron chi connectivity index (χ2n) is 5.29. The van der Waals surface area contributed by atoms with Gasteiger partial charge >= 0.3 is 0 Å². The minimum absolute atomic E-state index is 0.0193. The summed E-state index contributed by atoms with van der Waals surface area (Å²) in [7, 11) is -1.33. The van der Waals surface area contributed by atoms with E-state index in [4.69, 9.17) is 4.74 Å². The Morgan fingerprint density at radius 1 is 1.42 bits per heavy atom. The van der Waals surface area contributed by atoms with E-state index in [1.54, 1.807) is 12.0 Å². The molecule has 2 rings (SSSR count). The van der Waals surface area contributed by atoms with E-state index in [9.17, 15) is 13.2 Å². The van der Waals surface area contributed by atoms with E-state index in [0.717, 1.165) is 6.42 Å². The van der Waals surface area contributed by atoms with Crippen LogP contribution in [0.25, 0.3) is 0 Å². The molecular weight excluding hydrogens is 268 g/mol. The molecular formula is C12H22N2O4S. The molecule has 1 N–H and O–H groups in total. The molecule has 2 saturated heterocycles. The van der Waals surface area contributed by atoms with E-state index in [2.05, 4.69) is 5.32 Å². The van der Waals surface area contributed by atoms with Crippen LogP contribution in [0.15, 0.2) is 0 Å². The smallest absolute Gasteiger partial charge is 0.228 e. The van der Waals surface area contributed by atoms with Gasteiger partial charge in [0.2, 0.25) is 5.91 Å². The largest absolute Gasteiger partial charge is 0.385 e. The van der Waals surface area contributed by atoms with Crippen LogP contribution in [0.1, 0.15) is 12.8 Å². The molecule has 7 heteroatoms. The molecule has 2 fully saturated rings. The van der Waals surface area contributed by atoms with Gasteiger partial charge in [-0.15, -0.1) is 0 Å². The van der Waals surface area contributed by atoms with Crippen molar-refractivity contribution in [3.63, 3.8) is 0 Å². The summed E-state index contributed by atoms with van der Waals surface area (Å²) in [5, 5.41) is 3.08. The maximum Gasteiger partial charge on any atom is 0.228 e. The summed E-state index contributed by atoms with van der Waals surface area (Å²) in [4.78, 5) is 14.1. The van der Waals surface area contributed by atoms with Crippen molar-refractivity contribution in [3.8, 4) is 0 Å². The summed E-state index contributed by atoms with van der Waals surface area (Å²) >= 11 is 0. The molecule has 0 saturated carbocycles. The van der Waals surface area contributed by atoms with E-state index in [-0.39, 0.29) is 29.4 Å². The molecule has 2 heterocycles. The molecule has 0 radical (unpaired) electrons. The number of hydrogen-bond acceptors (Lipinski definition) is 5.